The molecule has 3 rings (SSSR count). The number of nitrogens with one attached hydrogen (secondary N) is 2. The lowest BCUT2D eigenvalue weighted by atomic mass is 10.0. The zero-order valence-corrected chi connectivity index (χ0v) is 22.2. The Morgan fingerprint density at radius 2 is 1.86 bits per heavy atom. The second-order valence-electron chi connectivity index (χ2n) is 7.91. The fourth-order valence-corrected chi connectivity index (χ4v) is 4.69. The van der Waals surface area contributed by atoms with Crippen molar-refractivity contribution in [2.24, 2.45) is 5.92 Å². The van der Waals surface area contributed by atoms with Gasteiger partial charge in [0.25, 0.3) is 5.91 Å². The van der Waals surface area contributed by atoms with E-state index < -0.39 is 6.04 Å². The molecule has 2 aromatic carbocycles. The van der Waals surface area contributed by atoms with Crippen molar-refractivity contribution < 1.29 is 9.59 Å². The molecule has 2 N–H and O–H groups in total. The molecule has 0 aliphatic rings. The lowest BCUT2D eigenvalue weighted by Gasteiger charge is -2.23. The molecule has 1 aromatic heterocycles. The maximum atomic E-state index is 13.0. The van der Waals surface area contributed by atoms with Crippen LogP contribution in [0.5, 0.6) is 0 Å². The van der Waals surface area contributed by atoms with Crippen LogP contribution in [0, 0.1) is 5.92 Å². The van der Waals surface area contributed by atoms with Gasteiger partial charge in [0.2, 0.25) is 5.91 Å². The standard InChI is InChI=1S/C24H24Cl3N5O2S/c1-4-10-32-22(21(14(2)3)29-23(34)18-9-8-16(26)12-19(18)27)30-31-24(32)35-13-20(33)28-17-7-5-6-15(25)11-17/h4-9,11-12,14,21H,1,10,13H2,2-3H3,(H,28,33)(H,29,34)/t21-/m0/s1. The first-order valence-electron chi connectivity index (χ1n) is 10.7. The first-order chi connectivity index (χ1) is 16.7. The van der Waals surface area contributed by atoms with Gasteiger partial charge in [0, 0.05) is 22.3 Å². The van der Waals surface area contributed by atoms with Gasteiger partial charge in [0.05, 0.1) is 22.4 Å². The molecule has 0 aliphatic carbocycles. The average molecular weight is 553 g/mol. The molecule has 0 spiro atoms. The van der Waals surface area contributed by atoms with Crippen molar-refractivity contribution in [3.05, 3.63) is 81.6 Å². The number of carbonyl (C=O) groups excluding carboxylic acids is 2. The van der Waals surface area contributed by atoms with Crippen LogP contribution in [0.1, 0.15) is 36.1 Å². The Bertz CT molecular complexity index is 1230. The molecular formula is C24H24Cl3N5O2S. The van der Waals surface area contributed by atoms with Crippen LogP contribution in [0.3, 0.4) is 0 Å². The largest absolute Gasteiger partial charge is 0.342 e. The van der Waals surface area contributed by atoms with E-state index in [0.29, 0.717) is 38.8 Å². The first-order valence-corrected chi connectivity index (χ1v) is 12.8. The number of hydrogen-bond acceptors (Lipinski definition) is 5. The second kappa shape index (κ2) is 12.4. The van der Waals surface area contributed by atoms with Crippen molar-refractivity contribution in [2.75, 3.05) is 11.1 Å². The van der Waals surface area contributed by atoms with E-state index in [1.165, 1.54) is 17.8 Å². The summed E-state index contributed by atoms with van der Waals surface area (Å²) in [7, 11) is 0. The molecule has 0 radical (unpaired) electrons. The normalized spacial score (nSPS) is 11.8. The molecule has 0 bridgehead atoms. The van der Waals surface area contributed by atoms with Crippen LogP contribution < -0.4 is 10.6 Å². The SMILES string of the molecule is C=CCn1c(SCC(=O)Nc2cccc(Cl)c2)nnc1[C@@H](NC(=O)c1ccc(Cl)cc1Cl)C(C)C. The molecule has 0 saturated heterocycles. The van der Waals surface area contributed by atoms with Gasteiger partial charge in [-0.1, -0.05) is 72.6 Å². The number of allylic oxidation sites excluding steroid dienone is 1. The zero-order chi connectivity index (χ0) is 25.5. The summed E-state index contributed by atoms with van der Waals surface area (Å²) >= 11 is 19.4. The van der Waals surface area contributed by atoms with Gasteiger partial charge < -0.3 is 15.2 Å². The Hall–Kier alpha value is -2.52. The number of amides is 2. The molecule has 11 heteroatoms. The molecule has 0 fully saturated rings. The molecule has 184 valence electrons. The molecule has 2 amide bonds. The number of hydrogen-bond donors (Lipinski definition) is 2. The predicted molar refractivity (Wildman–Crippen MR) is 143 cm³/mol. The van der Waals surface area contributed by atoms with Gasteiger partial charge in [0.1, 0.15) is 0 Å². The minimum atomic E-state index is -0.462. The van der Waals surface area contributed by atoms with Crippen molar-refractivity contribution >= 4 is 64.1 Å². The molecule has 1 atom stereocenters. The summed E-state index contributed by atoms with van der Waals surface area (Å²) in [6.45, 7) is 8.15. The van der Waals surface area contributed by atoms with Crippen LogP contribution in [0.2, 0.25) is 15.1 Å². The summed E-state index contributed by atoms with van der Waals surface area (Å²) in [6.07, 6.45) is 1.71. The van der Waals surface area contributed by atoms with Crippen molar-refractivity contribution in [1.29, 1.82) is 0 Å². The fourth-order valence-electron chi connectivity index (χ4n) is 3.25. The highest BCUT2D eigenvalue weighted by Crippen LogP contribution is 2.27. The van der Waals surface area contributed by atoms with Gasteiger partial charge in [0.15, 0.2) is 11.0 Å². The van der Waals surface area contributed by atoms with E-state index in [4.69, 9.17) is 34.8 Å². The number of nitrogens with zero attached hydrogens (tertiary/aromatic N) is 3. The van der Waals surface area contributed by atoms with Gasteiger partial charge in [-0.3, -0.25) is 9.59 Å². The zero-order valence-electron chi connectivity index (χ0n) is 19.1. The van der Waals surface area contributed by atoms with Crippen molar-refractivity contribution in [3.63, 3.8) is 0 Å². The highest BCUT2D eigenvalue weighted by molar-refractivity contribution is 7.99. The molecule has 1 heterocycles. The minimum absolute atomic E-state index is 0.0123. The van der Waals surface area contributed by atoms with Crippen molar-refractivity contribution in [1.82, 2.24) is 20.1 Å². The average Bonchev–Trinajstić information content (AvgIpc) is 3.18. The van der Waals surface area contributed by atoms with Crippen molar-refractivity contribution in [3.8, 4) is 0 Å². The Morgan fingerprint density at radius 1 is 1.11 bits per heavy atom. The number of anilines is 1. The van der Waals surface area contributed by atoms with Gasteiger partial charge in [-0.05, 0) is 42.3 Å². The maximum Gasteiger partial charge on any atom is 0.253 e. The highest BCUT2D eigenvalue weighted by atomic mass is 35.5. The van der Waals surface area contributed by atoms with Gasteiger partial charge in [-0.15, -0.1) is 16.8 Å². The molecule has 0 saturated carbocycles. The van der Waals surface area contributed by atoms with E-state index in [1.54, 1.807) is 42.5 Å². The van der Waals surface area contributed by atoms with Crippen LogP contribution in [-0.2, 0) is 11.3 Å². The predicted octanol–water partition coefficient (Wildman–Crippen LogP) is 6.28. The third kappa shape index (κ3) is 7.24. The number of benzene rings is 2. The van der Waals surface area contributed by atoms with Crippen molar-refractivity contribution in [2.45, 2.75) is 31.6 Å². The highest BCUT2D eigenvalue weighted by Gasteiger charge is 2.27. The van der Waals surface area contributed by atoms with Crippen LogP contribution in [0.4, 0.5) is 5.69 Å². The number of thioether (sulfide) groups is 1. The lowest BCUT2D eigenvalue weighted by Crippen LogP contribution is -2.34. The van der Waals surface area contributed by atoms with E-state index in [2.05, 4.69) is 27.4 Å². The van der Waals surface area contributed by atoms with Gasteiger partial charge in [-0.2, -0.15) is 0 Å². The molecule has 0 aliphatic heterocycles. The number of halogens is 3. The summed E-state index contributed by atoms with van der Waals surface area (Å²) in [5.41, 5.74) is 0.920. The van der Waals surface area contributed by atoms with E-state index in [9.17, 15) is 9.59 Å². The lowest BCUT2D eigenvalue weighted by molar-refractivity contribution is -0.113. The summed E-state index contributed by atoms with van der Waals surface area (Å²) in [5.74, 6) is 0.0884. The van der Waals surface area contributed by atoms with Gasteiger partial charge >= 0.3 is 0 Å². The summed E-state index contributed by atoms with van der Waals surface area (Å²) < 4.78 is 1.83. The first kappa shape index (κ1) is 27.1. The Kier molecular flexibility index (Phi) is 9.63. The van der Waals surface area contributed by atoms with Crippen LogP contribution in [0.15, 0.2) is 60.3 Å². The maximum absolute atomic E-state index is 13.0. The topological polar surface area (TPSA) is 88.9 Å². The number of rotatable bonds is 10. The van der Waals surface area contributed by atoms with Crippen LogP contribution in [-0.4, -0.2) is 32.3 Å². The van der Waals surface area contributed by atoms with Crippen LogP contribution >= 0.6 is 46.6 Å². The molecule has 0 unspecified atom stereocenters. The molecule has 35 heavy (non-hydrogen) atoms. The van der Waals surface area contributed by atoms with E-state index in [0.717, 1.165) is 0 Å². The smallest absolute Gasteiger partial charge is 0.253 e. The summed E-state index contributed by atoms with van der Waals surface area (Å²) in [5, 5.41) is 16.2. The fraction of sp³-hybridized carbons (Fsp3) is 0.250. The Balaban J connectivity index is 1.77. The summed E-state index contributed by atoms with van der Waals surface area (Å²) in [6, 6.07) is 11.2. The number of aromatic nitrogens is 3. The van der Waals surface area contributed by atoms with E-state index in [1.807, 2.05) is 18.4 Å². The molecule has 7 nitrogen and oxygen atoms in total. The number of carbonyl (C=O) groups is 2. The second-order valence-corrected chi connectivity index (χ2v) is 10.1. The Labute approximate surface area is 223 Å². The third-order valence-electron chi connectivity index (χ3n) is 4.91. The van der Waals surface area contributed by atoms with Crippen LogP contribution in [0.25, 0.3) is 0 Å². The summed E-state index contributed by atoms with van der Waals surface area (Å²) in [4.78, 5) is 25.4. The Morgan fingerprint density at radius 3 is 2.51 bits per heavy atom. The monoisotopic (exact) mass is 551 g/mol. The quantitative estimate of drug-likeness (QED) is 0.228. The minimum Gasteiger partial charge on any atom is -0.342 e. The van der Waals surface area contributed by atoms with Gasteiger partial charge in [-0.25, -0.2) is 0 Å². The van der Waals surface area contributed by atoms with E-state index >= 15 is 0 Å². The van der Waals surface area contributed by atoms with E-state index in [-0.39, 0.29) is 28.5 Å². The molecule has 3 aromatic rings. The third-order valence-corrected chi connectivity index (χ3v) is 6.65. The molecular weight excluding hydrogens is 529 g/mol.